The van der Waals surface area contributed by atoms with Crippen molar-refractivity contribution in [1.82, 2.24) is 10.2 Å². The first-order valence-electron chi connectivity index (χ1n) is 8.23. The molecule has 4 aromatic rings. The van der Waals surface area contributed by atoms with E-state index >= 15 is 0 Å². The first kappa shape index (κ1) is 16.1. The molecule has 1 N–H and O–H groups in total. The number of nitrogens with zero attached hydrogens (tertiary/aromatic N) is 1. The fourth-order valence-corrected chi connectivity index (χ4v) is 4.20. The molecule has 4 rings (SSSR count). The van der Waals surface area contributed by atoms with Crippen LogP contribution in [-0.4, -0.2) is 10.2 Å². The summed E-state index contributed by atoms with van der Waals surface area (Å²) in [6.45, 7) is 2.18. The highest BCUT2D eigenvalue weighted by Gasteiger charge is 2.16. The van der Waals surface area contributed by atoms with Crippen LogP contribution >= 0.6 is 22.9 Å². The van der Waals surface area contributed by atoms with E-state index in [1.807, 2.05) is 12.3 Å². The summed E-state index contributed by atoms with van der Waals surface area (Å²) in [7, 11) is 0. The minimum absolute atomic E-state index is 0.842. The first-order chi connectivity index (χ1) is 12.3. The number of halogens is 1. The zero-order valence-corrected chi connectivity index (χ0v) is 15.4. The van der Waals surface area contributed by atoms with Crippen LogP contribution in [0.3, 0.4) is 0 Å². The largest absolute Gasteiger partial charge is 0.278 e. The molecule has 2 nitrogen and oxygen atoms in total. The number of aromatic amines is 1. The van der Waals surface area contributed by atoms with Crippen molar-refractivity contribution in [1.29, 1.82) is 0 Å². The topological polar surface area (TPSA) is 28.7 Å². The Kier molecular flexibility index (Phi) is 4.43. The molecule has 25 heavy (non-hydrogen) atoms. The maximum Gasteiger partial charge on any atom is 0.100 e. The molecule has 124 valence electrons. The molecule has 0 amide bonds. The lowest BCUT2D eigenvalue weighted by Gasteiger charge is -2.16. The van der Waals surface area contributed by atoms with E-state index in [9.17, 15) is 0 Å². The molecule has 2 heterocycles. The number of aromatic nitrogens is 2. The summed E-state index contributed by atoms with van der Waals surface area (Å²) in [6, 6.07) is 19.1. The number of hydrogen-bond acceptors (Lipinski definition) is 2. The Morgan fingerprint density at radius 1 is 1.08 bits per heavy atom. The van der Waals surface area contributed by atoms with Crippen LogP contribution in [0.1, 0.15) is 30.0 Å². The highest BCUT2D eigenvalue weighted by Crippen LogP contribution is 2.39. The van der Waals surface area contributed by atoms with Gasteiger partial charge in [-0.3, -0.25) is 5.10 Å². The van der Waals surface area contributed by atoms with Crippen LogP contribution in [0.5, 0.6) is 0 Å². The van der Waals surface area contributed by atoms with Gasteiger partial charge in [-0.25, -0.2) is 0 Å². The molecule has 4 heteroatoms. The van der Waals surface area contributed by atoms with Gasteiger partial charge in [0.25, 0.3) is 0 Å². The van der Waals surface area contributed by atoms with Crippen molar-refractivity contribution in [3.63, 3.8) is 0 Å². The summed E-state index contributed by atoms with van der Waals surface area (Å²) in [5.41, 5.74) is 7.04. The Bertz CT molecular complexity index is 1040. The highest BCUT2D eigenvalue weighted by molar-refractivity contribution is 7.14. The van der Waals surface area contributed by atoms with Crippen LogP contribution in [-0.2, 0) is 0 Å². The van der Waals surface area contributed by atoms with Crippen LogP contribution in [0, 0.1) is 0 Å². The molecular weight excluding hydrogens is 348 g/mol. The van der Waals surface area contributed by atoms with Crippen molar-refractivity contribution in [2.75, 3.05) is 0 Å². The normalized spacial score (nSPS) is 12.4. The standard InChI is InChI=1S/C21H17ClN2S/c1-2-17(18-10-11-25-21(18)22)20(14-6-4-3-5-7-14)15-8-9-19-16(12-15)13-23-24-19/h3-13H,2H2,1H3,(H,23,24)/b20-17+. The smallest absolute Gasteiger partial charge is 0.100 e. The van der Waals surface area contributed by atoms with Crippen LogP contribution < -0.4 is 0 Å². The molecule has 0 fully saturated rings. The van der Waals surface area contributed by atoms with Gasteiger partial charge in [0.1, 0.15) is 4.34 Å². The van der Waals surface area contributed by atoms with Gasteiger partial charge in [0.15, 0.2) is 0 Å². The van der Waals surface area contributed by atoms with Crippen molar-refractivity contribution in [2.45, 2.75) is 13.3 Å². The maximum absolute atomic E-state index is 6.48. The third-order valence-electron chi connectivity index (χ3n) is 4.39. The van der Waals surface area contributed by atoms with Gasteiger partial charge in [-0.05, 0) is 52.3 Å². The number of hydrogen-bond donors (Lipinski definition) is 1. The van der Waals surface area contributed by atoms with Gasteiger partial charge < -0.3 is 0 Å². The fraction of sp³-hybridized carbons (Fsp3) is 0.0952. The lowest BCUT2D eigenvalue weighted by molar-refractivity contribution is 1.12. The first-order valence-corrected chi connectivity index (χ1v) is 9.49. The Balaban J connectivity index is 2.02. The third kappa shape index (κ3) is 3.01. The second-order valence-electron chi connectivity index (χ2n) is 5.85. The molecule has 0 radical (unpaired) electrons. The number of rotatable bonds is 4. The summed E-state index contributed by atoms with van der Waals surface area (Å²) < 4.78 is 0.842. The molecule has 0 atom stereocenters. The minimum Gasteiger partial charge on any atom is -0.278 e. The van der Waals surface area contributed by atoms with Gasteiger partial charge in [-0.15, -0.1) is 11.3 Å². The van der Waals surface area contributed by atoms with E-state index < -0.39 is 0 Å². The average molecular weight is 365 g/mol. The summed E-state index contributed by atoms with van der Waals surface area (Å²) in [5, 5.41) is 10.3. The summed E-state index contributed by atoms with van der Waals surface area (Å²) in [5.74, 6) is 0. The van der Waals surface area contributed by atoms with Gasteiger partial charge >= 0.3 is 0 Å². The van der Waals surface area contributed by atoms with Gasteiger partial charge in [0.2, 0.25) is 0 Å². The number of nitrogens with one attached hydrogen (secondary N) is 1. The number of thiophene rings is 1. The number of fused-ring (bicyclic) bond motifs is 1. The van der Waals surface area contributed by atoms with Gasteiger partial charge in [-0.1, -0.05) is 54.9 Å². The lowest BCUT2D eigenvalue weighted by atomic mass is 9.89. The van der Waals surface area contributed by atoms with Gasteiger partial charge in [0.05, 0.1) is 11.7 Å². The molecular formula is C21H17ClN2S. The maximum atomic E-state index is 6.48. The fourth-order valence-electron chi connectivity index (χ4n) is 3.23. The van der Waals surface area contributed by atoms with Crippen molar-refractivity contribution in [2.24, 2.45) is 0 Å². The highest BCUT2D eigenvalue weighted by atomic mass is 35.5. The van der Waals surface area contributed by atoms with Crippen LogP contribution in [0.2, 0.25) is 4.34 Å². The predicted octanol–water partition coefficient (Wildman–Crippen LogP) is 6.65. The van der Waals surface area contributed by atoms with Crippen LogP contribution in [0.15, 0.2) is 66.2 Å². The molecule has 2 aromatic carbocycles. The van der Waals surface area contributed by atoms with E-state index in [1.165, 1.54) is 22.3 Å². The number of H-pyrrole nitrogens is 1. The van der Waals surface area contributed by atoms with E-state index in [0.29, 0.717) is 0 Å². The van der Waals surface area contributed by atoms with E-state index in [-0.39, 0.29) is 0 Å². The Morgan fingerprint density at radius 3 is 2.64 bits per heavy atom. The van der Waals surface area contributed by atoms with Crippen molar-refractivity contribution >= 4 is 45.0 Å². The molecule has 0 aliphatic heterocycles. The Morgan fingerprint density at radius 2 is 1.92 bits per heavy atom. The second-order valence-corrected chi connectivity index (χ2v) is 7.37. The summed E-state index contributed by atoms with van der Waals surface area (Å²) in [4.78, 5) is 0. The zero-order chi connectivity index (χ0) is 17.2. The SMILES string of the molecule is CC/C(=C(/c1ccccc1)c1ccc2[nH]ncc2c1)c1ccsc1Cl. The molecule has 0 spiro atoms. The summed E-state index contributed by atoms with van der Waals surface area (Å²) >= 11 is 8.06. The average Bonchev–Trinajstić information content (AvgIpc) is 3.28. The van der Waals surface area contributed by atoms with E-state index in [2.05, 4.69) is 71.0 Å². The molecule has 0 saturated heterocycles. The van der Waals surface area contributed by atoms with Crippen molar-refractivity contribution < 1.29 is 0 Å². The lowest BCUT2D eigenvalue weighted by Crippen LogP contribution is -1.94. The number of allylic oxidation sites excluding steroid dienone is 1. The molecule has 0 aliphatic carbocycles. The monoisotopic (exact) mass is 364 g/mol. The summed E-state index contributed by atoms with van der Waals surface area (Å²) in [6.07, 6.45) is 2.77. The van der Waals surface area contributed by atoms with E-state index in [1.54, 1.807) is 11.3 Å². The minimum atomic E-state index is 0.842. The Hall–Kier alpha value is -2.36. The van der Waals surface area contributed by atoms with Crippen LogP contribution in [0.4, 0.5) is 0 Å². The van der Waals surface area contributed by atoms with Gasteiger partial charge in [0, 0.05) is 10.9 Å². The molecule has 2 aromatic heterocycles. The zero-order valence-electron chi connectivity index (χ0n) is 13.8. The molecule has 0 saturated carbocycles. The number of benzene rings is 2. The predicted molar refractivity (Wildman–Crippen MR) is 108 cm³/mol. The Labute approximate surface area is 155 Å². The molecule has 0 bridgehead atoms. The third-order valence-corrected chi connectivity index (χ3v) is 5.56. The van der Waals surface area contributed by atoms with E-state index in [4.69, 9.17) is 11.6 Å². The second kappa shape index (κ2) is 6.87. The van der Waals surface area contributed by atoms with Gasteiger partial charge in [-0.2, -0.15) is 5.10 Å². The molecule has 0 unspecified atom stereocenters. The van der Waals surface area contributed by atoms with E-state index in [0.717, 1.165) is 27.2 Å². The van der Waals surface area contributed by atoms with Crippen LogP contribution in [0.25, 0.3) is 22.0 Å². The van der Waals surface area contributed by atoms with Crippen molar-refractivity contribution in [3.05, 3.63) is 87.2 Å². The molecule has 0 aliphatic rings. The van der Waals surface area contributed by atoms with Crippen molar-refractivity contribution in [3.8, 4) is 0 Å². The quantitative estimate of drug-likeness (QED) is 0.431.